The highest BCUT2D eigenvalue weighted by Crippen LogP contribution is 2.14. The van der Waals surface area contributed by atoms with Gasteiger partial charge in [-0.3, -0.25) is 9.80 Å². The van der Waals surface area contributed by atoms with Gasteiger partial charge in [0.15, 0.2) is 0 Å². The van der Waals surface area contributed by atoms with Crippen molar-refractivity contribution in [3.05, 3.63) is 0 Å². The standard InChI is InChI=1S/C16H34N4.C14H30N4.C14H32N4/c1-13-11-15(3)19-8-6-18-14(2)12-16(4)20(10-9-19)7-5-17-13;1-13-9-15-3-6-18-8-7-17(11-13)5-4-16-10-14(2)12-18;1-3-18-13-6-9-15-7-4-11-17(2)12-5-8-16-10-14-18/h13-18H,5-12H2,1-4H3;13-16H,3-12H2,1-2H3;15-16H,3-14H2,1-2H3. The number of hydrogen-bond acceptors (Lipinski definition) is 12. The van der Waals surface area contributed by atoms with Crippen molar-refractivity contribution in [3.8, 4) is 0 Å². The van der Waals surface area contributed by atoms with Gasteiger partial charge in [0.1, 0.15) is 0 Å². The molecular weight excluding hydrogens is 697 g/mol. The van der Waals surface area contributed by atoms with Crippen molar-refractivity contribution in [3.63, 3.8) is 0 Å². The lowest BCUT2D eigenvalue weighted by atomic mass is 10.0. The summed E-state index contributed by atoms with van der Waals surface area (Å²) in [5, 5.41) is 21.7. The third-order valence-corrected chi connectivity index (χ3v) is 12.8. The van der Waals surface area contributed by atoms with Crippen LogP contribution in [0.5, 0.6) is 0 Å². The molecule has 6 N–H and O–H groups in total. The van der Waals surface area contributed by atoms with Crippen LogP contribution < -0.4 is 31.9 Å². The van der Waals surface area contributed by atoms with Crippen LogP contribution in [0.3, 0.4) is 0 Å². The highest BCUT2D eigenvalue weighted by molar-refractivity contribution is 4.83. The van der Waals surface area contributed by atoms with Crippen molar-refractivity contribution in [2.45, 2.75) is 105 Å². The molecule has 5 aliphatic heterocycles. The van der Waals surface area contributed by atoms with Crippen LogP contribution in [0.25, 0.3) is 0 Å². The summed E-state index contributed by atoms with van der Waals surface area (Å²) >= 11 is 0. The smallest absolute Gasteiger partial charge is 0.0113 e. The van der Waals surface area contributed by atoms with Gasteiger partial charge >= 0.3 is 0 Å². The Balaban J connectivity index is 0.000000226. The van der Waals surface area contributed by atoms with Crippen LogP contribution >= 0.6 is 0 Å². The largest absolute Gasteiger partial charge is 0.317 e. The Morgan fingerprint density at radius 3 is 1.38 bits per heavy atom. The third kappa shape index (κ3) is 22.8. The Labute approximate surface area is 347 Å². The maximum Gasteiger partial charge on any atom is 0.0113 e. The summed E-state index contributed by atoms with van der Waals surface area (Å²) in [5.41, 5.74) is 0. The van der Waals surface area contributed by atoms with Crippen molar-refractivity contribution in [2.24, 2.45) is 11.8 Å². The van der Waals surface area contributed by atoms with Crippen molar-refractivity contribution in [1.29, 1.82) is 0 Å². The van der Waals surface area contributed by atoms with Gasteiger partial charge in [-0.15, -0.1) is 0 Å². The van der Waals surface area contributed by atoms with E-state index in [4.69, 9.17) is 0 Å². The fraction of sp³-hybridized carbons (Fsp3) is 1.00. The molecule has 12 nitrogen and oxygen atoms in total. The second-order valence-electron chi connectivity index (χ2n) is 18.5. The van der Waals surface area contributed by atoms with Gasteiger partial charge in [0, 0.05) is 129 Å². The number of nitrogens with one attached hydrogen (secondary N) is 6. The molecule has 56 heavy (non-hydrogen) atoms. The van der Waals surface area contributed by atoms with Crippen LogP contribution in [0.1, 0.15) is 80.6 Å². The summed E-state index contributed by atoms with van der Waals surface area (Å²) in [6, 6.07) is 2.59. The Morgan fingerprint density at radius 2 is 0.893 bits per heavy atom. The number of hydrogen-bond donors (Lipinski definition) is 6. The summed E-state index contributed by atoms with van der Waals surface area (Å²) in [6.45, 7) is 46.0. The minimum Gasteiger partial charge on any atom is -0.317 e. The van der Waals surface area contributed by atoms with E-state index in [2.05, 4.69) is 117 Å². The van der Waals surface area contributed by atoms with Gasteiger partial charge in [0.2, 0.25) is 0 Å². The van der Waals surface area contributed by atoms with Gasteiger partial charge in [-0.05, 0) is 138 Å². The molecule has 5 fully saturated rings. The van der Waals surface area contributed by atoms with Crippen molar-refractivity contribution >= 4 is 0 Å². The normalized spacial score (nSPS) is 36.9. The van der Waals surface area contributed by atoms with Gasteiger partial charge < -0.3 is 51.5 Å². The van der Waals surface area contributed by atoms with E-state index in [0.29, 0.717) is 24.2 Å². The monoisotopic (exact) mass is 793 g/mol. The van der Waals surface area contributed by atoms with Crippen molar-refractivity contribution in [1.82, 2.24) is 61.3 Å². The summed E-state index contributed by atoms with van der Waals surface area (Å²) < 4.78 is 0. The molecule has 10 atom stereocenters. The summed E-state index contributed by atoms with van der Waals surface area (Å²) in [7, 11) is 2.23. The first kappa shape index (κ1) is 49.9. The Bertz CT molecular complexity index is 878. The lowest BCUT2D eigenvalue weighted by Gasteiger charge is -2.39. The van der Waals surface area contributed by atoms with E-state index in [1.165, 1.54) is 130 Å². The van der Waals surface area contributed by atoms with E-state index in [1.807, 2.05) is 0 Å². The van der Waals surface area contributed by atoms with Crippen LogP contribution in [-0.4, -0.2) is 224 Å². The van der Waals surface area contributed by atoms with Crippen LogP contribution in [0, 0.1) is 11.8 Å². The quantitative estimate of drug-likeness (QED) is 0.234. The lowest BCUT2D eigenvalue weighted by molar-refractivity contribution is 0.109. The maximum absolute atomic E-state index is 3.70. The zero-order valence-electron chi connectivity index (χ0n) is 38.4. The maximum atomic E-state index is 3.70. The highest BCUT2D eigenvalue weighted by atomic mass is 15.3. The van der Waals surface area contributed by atoms with E-state index in [9.17, 15) is 0 Å². The lowest BCUT2D eigenvalue weighted by Crippen LogP contribution is -2.52. The second kappa shape index (κ2) is 30.5. The van der Waals surface area contributed by atoms with E-state index in [-0.39, 0.29) is 0 Å². The van der Waals surface area contributed by atoms with Gasteiger partial charge in [-0.2, -0.15) is 0 Å². The molecule has 5 saturated heterocycles. The molecule has 5 rings (SSSR count). The van der Waals surface area contributed by atoms with E-state index in [1.54, 1.807) is 0 Å². The first-order valence-electron chi connectivity index (χ1n) is 23.8. The first-order chi connectivity index (χ1) is 27.1. The Morgan fingerprint density at radius 1 is 0.446 bits per heavy atom. The van der Waals surface area contributed by atoms with E-state index < -0.39 is 0 Å². The summed E-state index contributed by atoms with van der Waals surface area (Å²) in [5.74, 6) is 1.52. The molecule has 0 spiro atoms. The Kier molecular flexibility index (Phi) is 27.2. The summed E-state index contributed by atoms with van der Waals surface area (Å²) in [4.78, 5) is 15.6. The molecule has 12 heteroatoms. The van der Waals surface area contributed by atoms with Gasteiger partial charge in [0.05, 0.1) is 0 Å². The minimum atomic E-state index is 0.623. The fourth-order valence-electron chi connectivity index (χ4n) is 9.22. The molecular formula is C44H96N12. The molecule has 10 unspecified atom stereocenters. The average molecular weight is 793 g/mol. The van der Waals surface area contributed by atoms with Crippen LogP contribution in [-0.2, 0) is 0 Å². The van der Waals surface area contributed by atoms with Crippen LogP contribution in [0.4, 0.5) is 0 Å². The number of nitrogens with zero attached hydrogens (tertiary/aromatic N) is 6. The van der Waals surface area contributed by atoms with Gasteiger partial charge in [0.25, 0.3) is 0 Å². The highest BCUT2D eigenvalue weighted by Gasteiger charge is 2.24. The molecule has 0 amide bonds. The zero-order chi connectivity index (χ0) is 40.4. The van der Waals surface area contributed by atoms with Crippen molar-refractivity contribution in [2.75, 3.05) is 171 Å². The molecule has 0 aromatic heterocycles. The fourth-order valence-corrected chi connectivity index (χ4v) is 9.22. The van der Waals surface area contributed by atoms with E-state index >= 15 is 0 Å². The molecule has 5 aliphatic rings. The predicted molar refractivity (Wildman–Crippen MR) is 242 cm³/mol. The molecule has 332 valence electrons. The summed E-state index contributed by atoms with van der Waals surface area (Å²) in [6.07, 6.45) is 6.30. The molecule has 0 aromatic carbocycles. The second-order valence-corrected chi connectivity index (χ2v) is 18.5. The SMILES string of the molecule is CC1CC(C)N2CCNC(C)CC(C)N(CCN1)CC2.CC1CNCCN2CCN(CCNCC(C)C2)C1.CCN1CCCNCCCN(C)CCCNCC1. The number of fused-ring (bicyclic) bond motifs is 6. The number of rotatable bonds is 1. The van der Waals surface area contributed by atoms with Gasteiger partial charge in [-0.25, -0.2) is 0 Å². The minimum absolute atomic E-state index is 0.623. The molecule has 4 bridgehead atoms. The first-order valence-corrected chi connectivity index (χ1v) is 23.8. The predicted octanol–water partition coefficient (Wildman–Crippen LogP) is 1.80. The van der Waals surface area contributed by atoms with E-state index in [0.717, 1.165) is 77.3 Å². The number of likely N-dealkylation sites (N-methyl/N-ethyl adjacent to an activating group) is 1. The topological polar surface area (TPSA) is 91.6 Å². The molecule has 5 heterocycles. The molecule has 0 aliphatic carbocycles. The molecule has 0 aromatic rings. The Hall–Kier alpha value is -0.480. The van der Waals surface area contributed by atoms with Crippen LogP contribution in [0.15, 0.2) is 0 Å². The molecule has 0 saturated carbocycles. The molecule has 0 radical (unpaired) electrons. The van der Waals surface area contributed by atoms with Crippen LogP contribution in [0.2, 0.25) is 0 Å². The van der Waals surface area contributed by atoms with Crippen molar-refractivity contribution < 1.29 is 0 Å². The third-order valence-electron chi connectivity index (χ3n) is 12.8. The van der Waals surface area contributed by atoms with Gasteiger partial charge in [-0.1, -0.05) is 20.8 Å². The zero-order valence-corrected chi connectivity index (χ0v) is 38.4. The average Bonchev–Trinajstić information content (AvgIpc) is 3.18.